The number of imidazole rings is 1. The smallest absolute Gasteiger partial charge is 0.137 e. The second-order valence-electron chi connectivity index (χ2n) is 4.79. The van der Waals surface area contributed by atoms with E-state index < -0.39 is 0 Å². The zero-order chi connectivity index (χ0) is 14.4. The number of rotatable bonds is 7. The second kappa shape index (κ2) is 7.31. The fourth-order valence-electron chi connectivity index (χ4n) is 1.92. The first-order valence-corrected chi connectivity index (χ1v) is 7.19. The Labute approximate surface area is 124 Å². The molecule has 1 unspecified atom stereocenters. The average molecular weight is 294 g/mol. The molecule has 0 fully saturated rings. The average Bonchev–Trinajstić information content (AvgIpc) is 2.94. The van der Waals surface area contributed by atoms with Crippen LogP contribution in [-0.2, 0) is 13.0 Å². The van der Waals surface area contributed by atoms with Gasteiger partial charge in [0.1, 0.15) is 12.4 Å². The van der Waals surface area contributed by atoms with Crippen LogP contribution in [0.3, 0.4) is 0 Å². The molecule has 1 heterocycles. The van der Waals surface area contributed by atoms with Gasteiger partial charge in [-0.2, -0.15) is 0 Å². The molecule has 0 aliphatic carbocycles. The zero-order valence-electron chi connectivity index (χ0n) is 11.6. The first-order chi connectivity index (χ1) is 9.69. The minimum absolute atomic E-state index is 0.180. The molecule has 2 N–H and O–H groups in total. The van der Waals surface area contributed by atoms with Gasteiger partial charge in [-0.05, 0) is 30.5 Å². The van der Waals surface area contributed by atoms with Crippen LogP contribution < -0.4 is 10.5 Å². The number of aromatic nitrogens is 2. The van der Waals surface area contributed by atoms with E-state index in [0.717, 1.165) is 24.9 Å². The van der Waals surface area contributed by atoms with Crippen molar-refractivity contribution >= 4 is 11.6 Å². The van der Waals surface area contributed by atoms with Crippen LogP contribution in [-0.4, -0.2) is 22.2 Å². The van der Waals surface area contributed by atoms with E-state index >= 15 is 0 Å². The number of nitrogens with zero attached hydrogens (tertiary/aromatic N) is 2. The summed E-state index contributed by atoms with van der Waals surface area (Å²) in [5.74, 6) is 0.709. The summed E-state index contributed by atoms with van der Waals surface area (Å²) in [6, 6.07) is 6.05. The Morgan fingerprint density at radius 2 is 2.30 bits per heavy atom. The molecule has 108 valence electrons. The Hall–Kier alpha value is -1.52. The summed E-state index contributed by atoms with van der Waals surface area (Å²) < 4.78 is 7.65. The number of nitrogens with two attached hydrogens (primary N) is 1. The molecule has 0 saturated heterocycles. The van der Waals surface area contributed by atoms with E-state index in [4.69, 9.17) is 22.1 Å². The fourth-order valence-corrected chi connectivity index (χ4v) is 2.17. The Kier molecular flexibility index (Phi) is 5.44. The molecule has 1 aromatic carbocycles. The quantitative estimate of drug-likeness (QED) is 0.854. The van der Waals surface area contributed by atoms with Crippen molar-refractivity contribution in [2.24, 2.45) is 5.73 Å². The molecule has 2 aromatic rings. The van der Waals surface area contributed by atoms with Gasteiger partial charge >= 0.3 is 0 Å². The van der Waals surface area contributed by atoms with Crippen LogP contribution in [0.25, 0.3) is 0 Å². The van der Waals surface area contributed by atoms with E-state index in [-0.39, 0.29) is 6.04 Å². The van der Waals surface area contributed by atoms with Crippen LogP contribution in [0.4, 0.5) is 0 Å². The summed E-state index contributed by atoms with van der Waals surface area (Å²) in [5.41, 5.74) is 7.09. The maximum atomic E-state index is 6.23. The summed E-state index contributed by atoms with van der Waals surface area (Å²) in [6.45, 7) is 3.39. The van der Waals surface area contributed by atoms with Crippen molar-refractivity contribution < 1.29 is 4.74 Å². The topological polar surface area (TPSA) is 53.1 Å². The minimum atomic E-state index is 0.180. The molecule has 2 rings (SSSR count). The van der Waals surface area contributed by atoms with E-state index in [0.29, 0.717) is 17.4 Å². The monoisotopic (exact) mass is 293 g/mol. The highest BCUT2D eigenvalue weighted by Crippen LogP contribution is 2.26. The van der Waals surface area contributed by atoms with Gasteiger partial charge in [-0.25, -0.2) is 4.98 Å². The Bertz CT molecular complexity index is 528. The fraction of sp³-hybridized carbons (Fsp3) is 0.400. The van der Waals surface area contributed by atoms with Gasteiger partial charge in [0, 0.05) is 18.4 Å². The maximum absolute atomic E-state index is 6.23. The summed E-state index contributed by atoms with van der Waals surface area (Å²) in [5, 5.41) is 0.636. The van der Waals surface area contributed by atoms with Crippen molar-refractivity contribution in [1.82, 2.24) is 9.55 Å². The SMILES string of the molecule is CCC(N)Cc1ccc(OCCn2ccnc2)c(Cl)c1. The first kappa shape index (κ1) is 14.9. The number of hydrogen-bond donors (Lipinski definition) is 1. The molecule has 5 heteroatoms. The standard InChI is InChI=1S/C15H20ClN3O/c1-2-13(17)9-12-3-4-15(14(16)10-12)20-8-7-19-6-5-18-11-19/h3-6,10-11,13H,2,7-9,17H2,1H3. The van der Waals surface area contributed by atoms with Gasteiger partial charge in [0.15, 0.2) is 0 Å². The van der Waals surface area contributed by atoms with Gasteiger partial charge < -0.3 is 15.0 Å². The molecular weight excluding hydrogens is 274 g/mol. The van der Waals surface area contributed by atoms with Gasteiger partial charge in [0.05, 0.1) is 17.9 Å². The highest BCUT2D eigenvalue weighted by Gasteiger charge is 2.06. The Balaban J connectivity index is 1.88. The van der Waals surface area contributed by atoms with E-state index in [2.05, 4.69) is 11.9 Å². The summed E-state index contributed by atoms with van der Waals surface area (Å²) in [6.07, 6.45) is 7.21. The lowest BCUT2D eigenvalue weighted by Crippen LogP contribution is -2.21. The Morgan fingerprint density at radius 3 is 2.95 bits per heavy atom. The predicted octanol–water partition coefficient (Wildman–Crippen LogP) is 2.90. The predicted molar refractivity (Wildman–Crippen MR) is 81.1 cm³/mol. The molecule has 20 heavy (non-hydrogen) atoms. The van der Waals surface area contributed by atoms with Gasteiger partial charge in [-0.1, -0.05) is 24.6 Å². The molecule has 0 bridgehead atoms. The third kappa shape index (κ3) is 4.25. The number of ether oxygens (including phenoxy) is 1. The van der Waals surface area contributed by atoms with Crippen molar-refractivity contribution in [1.29, 1.82) is 0 Å². The highest BCUT2D eigenvalue weighted by atomic mass is 35.5. The van der Waals surface area contributed by atoms with Crippen molar-refractivity contribution in [3.63, 3.8) is 0 Å². The highest BCUT2D eigenvalue weighted by molar-refractivity contribution is 6.32. The number of benzene rings is 1. The summed E-state index contributed by atoms with van der Waals surface area (Å²) >= 11 is 6.23. The summed E-state index contributed by atoms with van der Waals surface area (Å²) in [7, 11) is 0. The molecular formula is C15H20ClN3O. The lowest BCUT2D eigenvalue weighted by atomic mass is 10.0. The third-order valence-corrected chi connectivity index (χ3v) is 3.48. The van der Waals surface area contributed by atoms with Crippen LogP contribution in [0.5, 0.6) is 5.75 Å². The largest absolute Gasteiger partial charge is 0.490 e. The van der Waals surface area contributed by atoms with E-state index in [1.165, 1.54) is 0 Å². The summed E-state index contributed by atoms with van der Waals surface area (Å²) in [4.78, 5) is 3.98. The van der Waals surface area contributed by atoms with Crippen LogP contribution in [0.2, 0.25) is 5.02 Å². The number of hydrogen-bond acceptors (Lipinski definition) is 3. The molecule has 0 spiro atoms. The lowest BCUT2D eigenvalue weighted by molar-refractivity contribution is 0.298. The van der Waals surface area contributed by atoms with Gasteiger partial charge in [0.2, 0.25) is 0 Å². The zero-order valence-corrected chi connectivity index (χ0v) is 12.4. The van der Waals surface area contributed by atoms with Crippen molar-refractivity contribution in [2.45, 2.75) is 32.4 Å². The van der Waals surface area contributed by atoms with Crippen LogP contribution >= 0.6 is 11.6 Å². The molecule has 0 aliphatic heterocycles. The van der Waals surface area contributed by atoms with Gasteiger partial charge in [-0.15, -0.1) is 0 Å². The first-order valence-electron chi connectivity index (χ1n) is 6.81. The molecule has 0 amide bonds. The molecule has 0 saturated carbocycles. The number of halogens is 1. The molecule has 0 aliphatic rings. The molecule has 0 radical (unpaired) electrons. The van der Waals surface area contributed by atoms with E-state index in [1.54, 1.807) is 12.5 Å². The lowest BCUT2D eigenvalue weighted by Gasteiger charge is -2.12. The van der Waals surface area contributed by atoms with E-state index in [9.17, 15) is 0 Å². The van der Waals surface area contributed by atoms with E-state index in [1.807, 2.05) is 29.0 Å². The van der Waals surface area contributed by atoms with Gasteiger partial charge in [0.25, 0.3) is 0 Å². The Morgan fingerprint density at radius 1 is 1.45 bits per heavy atom. The second-order valence-corrected chi connectivity index (χ2v) is 5.19. The molecule has 1 aromatic heterocycles. The maximum Gasteiger partial charge on any atom is 0.137 e. The normalized spacial score (nSPS) is 12.3. The molecule has 4 nitrogen and oxygen atoms in total. The minimum Gasteiger partial charge on any atom is -0.490 e. The molecule has 1 atom stereocenters. The van der Waals surface area contributed by atoms with Crippen molar-refractivity contribution in [2.75, 3.05) is 6.61 Å². The van der Waals surface area contributed by atoms with Crippen LogP contribution in [0.1, 0.15) is 18.9 Å². The van der Waals surface area contributed by atoms with Gasteiger partial charge in [-0.3, -0.25) is 0 Å². The van der Waals surface area contributed by atoms with Crippen LogP contribution in [0, 0.1) is 0 Å². The third-order valence-electron chi connectivity index (χ3n) is 3.18. The van der Waals surface area contributed by atoms with Crippen LogP contribution in [0.15, 0.2) is 36.9 Å². The van der Waals surface area contributed by atoms with Crippen molar-refractivity contribution in [3.8, 4) is 5.75 Å². The van der Waals surface area contributed by atoms with Crippen molar-refractivity contribution in [3.05, 3.63) is 47.5 Å².